The third-order valence-electron chi connectivity index (χ3n) is 3.87. The fourth-order valence-electron chi connectivity index (χ4n) is 2.50. The van der Waals surface area contributed by atoms with Gasteiger partial charge in [-0.25, -0.2) is 4.79 Å². The Kier molecular flexibility index (Phi) is 5.58. The van der Waals surface area contributed by atoms with Crippen molar-refractivity contribution in [3.05, 3.63) is 57.8 Å². The molecule has 0 spiro atoms. The molecule has 0 saturated carbocycles. The number of amides is 1. The van der Waals surface area contributed by atoms with E-state index in [1.165, 1.54) is 6.07 Å². The zero-order valence-corrected chi connectivity index (χ0v) is 16.0. The largest absolute Gasteiger partial charge is 0.497 e. The summed E-state index contributed by atoms with van der Waals surface area (Å²) in [5.41, 5.74) is 1.50. The van der Waals surface area contributed by atoms with Gasteiger partial charge < -0.3 is 19.2 Å². The number of halogens is 2. The van der Waals surface area contributed by atoms with Crippen molar-refractivity contribution in [1.82, 2.24) is 0 Å². The molecule has 3 rings (SSSR count). The number of fused-ring (bicyclic) bond motifs is 1. The zero-order valence-electron chi connectivity index (χ0n) is 14.5. The monoisotopic (exact) mass is 407 g/mol. The lowest BCUT2D eigenvalue weighted by Gasteiger charge is -2.08. The Labute approximate surface area is 164 Å². The minimum Gasteiger partial charge on any atom is -0.497 e. The predicted octanol–water partition coefficient (Wildman–Crippen LogP) is 4.85. The highest BCUT2D eigenvalue weighted by Gasteiger charge is 2.20. The average Bonchev–Trinajstić information content (AvgIpc) is 2.98. The van der Waals surface area contributed by atoms with E-state index in [-0.39, 0.29) is 10.8 Å². The molecule has 140 valence electrons. The van der Waals surface area contributed by atoms with Gasteiger partial charge in [-0.2, -0.15) is 0 Å². The number of methoxy groups -OCH3 is 1. The Bertz CT molecular complexity index is 1030. The normalized spacial score (nSPS) is 10.7. The van der Waals surface area contributed by atoms with Crippen molar-refractivity contribution in [2.45, 2.75) is 6.92 Å². The first-order valence-corrected chi connectivity index (χ1v) is 8.64. The lowest BCUT2D eigenvalue weighted by molar-refractivity contribution is -0.119. The van der Waals surface area contributed by atoms with E-state index in [0.717, 1.165) is 5.39 Å². The topological polar surface area (TPSA) is 77.8 Å². The molecule has 27 heavy (non-hydrogen) atoms. The molecular formula is C19H15Cl2NO5. The summed E-state index contributed by atoms with van der Waals surface area (Å²) >= 11 is 11.8. The van der Waals surface area contributed by atoms with Crippen LogP contribution in [0.2, 0.25) is 10.0 Å². The Morgan fingerprint density at radius 2 is 1.93 bits per heavy atom. The number of carbonyl (C=O) groups is 2. The third kappa shape index (κ3) is 4.18. The fourth-order valence-corrected chi connectivity index (χ4v) is 2.95. The van der Waals surface area contributed by atoms with Crippen LogP contribution in [-0.4, -0.2) is 25.6 Å². The highest BCUT2D eigenvalue weighted by atomic mass is 35.5. The second kappa shape index (κ2) is 7.90. The molecule has 0 bridgehead atoms. The minimum atomic E-state index is -0.736. The number of nitrogens with one attached hydrogen (secondary N) is 1. The third-order valence-corrected chi connectivity index (χ3v) is 4.42. The molecule has 1 heterocycles. The quantitative estimate of drug-likeness (QED) is 0.611. The summed E-state index contributed by atoms with van der Waals surface area (Å²) in [6, 6.07) is 9.83. The van der Waals surface area contributed by atoms with Crippen LogP contribution in [0.4, 0.5) is 5.69 Å². The molecule has 0 unspecified atom stereocenters. The Balaban J connectivity index is 1.67. The van der Waals surface area contributed by atoms with Gasteiger partial charge in [0.1, 0.15) is 11.3 Å². The Morgan fingerprint density at radius 1 is 1.15 bits per heavy atom. The van der Waals surface area contributed by atoms with Gasteiger partial charge in [-0.1, -0.05) is 23.2 Å². The maximum Gasteiger partial charge on any atom is 0.375 e. The molecule has 0 aliphatic rings. The number of aryl methyl sites for hydroxylation is 1. The van der Waals surface area contributed by atoms with Crippen molar-refractivity contribution in [2.24, 2.45) is 0 Å². The van der Waals surface area contributed by atoms with E-state index in [2.05, 4.69) is 5.32 Å². The van der Waals surface area contributed by atoms with Gasteiger partial charge in [-0.15, -0.1) is 0 Å². The molecule has 0 atom stereocenters. The molecule has 1 amide bonds. The number of carbonyl (C=O) groups excluding carboxylic acids is 2. The van der Waals surface area contributed by atoms with Gasteiger partial charge in [0, 0.05) is 16.0 Å². The van der Waals surface area contributed by atoms with Crippen molar-refractivity contribution in [2.75, 3.05) is 19.0 Å². The lowest BCUT2D eigenvalue weighted by atomic mass is 10.1. The summed E-state index contributed by atoms with van der Waals surface area (Å²) in [6.07, 6.45) is 0. The van der Waals surface area contributed by atoms with Gasteiger partial charge in [0.2, 0.25) is 5.76 Å². The van der Waals surface area contributed by atoms with Gasteiger partial charge in [0.15, 0.2) is 6.61 Å². The molecule has 8 heteroatoms. The minimum absolute atomic E-state index is 0.0376. The van der Waals surface area contributed by atoms with Gasteiger partial charge >= 0.3 is 5.97 Å². The van der Waals surface area contributed by atoms with Crippen LogP contribution in [0.15, 0.2) is 40.8 Å². The van der Waals surface area contributed by atoms with E-state index < -0.39 is 18.5 Å². The Hall–Kier alpha value is -2.70. The number of hydrogen-bond acceptors (Lipinski definition) is 5. The van der Waals surface area contributed by atoms with Crippen molar-refractivity contribution < 1.29 is 23.5 Å². The van der Waals surface area contributed by atoms with Crippen LogP contribution in [0.1, 0.15) is 16.1 Å². The molecule has 0 aliphatic carbocycles. The van der Waals surface area contributed by atoms with E-state index in [9.17, 15) is 9.59 Å². The number of esters is 1. The van der Waals surface area contributed by atoms with Crippen LogP contribution in [0.5, 0.6) is 5.75 Å². The number of ether oxygens (including phenoxy) is 2. The smallest absolute Gasteiger partial charge is 0.375 e. The molecule has 0 radical (unpaired) electrons. The first-order valence-electron chi connectivity index (χ1n) is 7.88. The van der Waals surface area contributed by atoms with E-state index in [1.807, 2.05) is 0 Å². The SMILES string of the molecule is COc1ccc2oc(C(=O)OCC(=O)Nc3ccc(Cl)cc3Cl)c(C)c2c1. The second-order valence-corrected chi connectivity index (χ2v) is 6.51. The number of anilines is 1. The highest BCUT2D eigenvalue weighted by Crippen LogP contribution is 2.29. The molecule has 6 nitrogen and oxygen atoms in total. The molecule has 3 aromatic rings. The van der Waals surface area contributed by atoms with Gasteiger partial charge in [-0.05, 0) is 43.3 Å². The summed E-state index contributed by atoms with van der Waals surface area (Å²) in [5, 5.41) is 4.01. The van der Waals surface area contributed by atoms with E-state index in [1.54, 1.807) is 44.4 Å². The van der Waals surface area contributed by atoms with Crippen LogP contribution >= 0.6 is 23.2 Å². The highest BCUT2D eigenvalue weighted by molar-refractivity contribution is 6.36. The molecular weight excluding hydrogens is 393 g/mol. The standard InChI is InChI=1S/C19H15Cl2NO5/c1-10-13-8-12(25-2)4-6-16(13)27-18(10)19(24)26-9-17(23)22-15-5-3-11(20)7-14(15)21/h3-8H,9H2,1-2H3,(H,22,23). The summed E-state index contributed by atoms with van der Waals surface area (Å²) in [5.74, 6) is -0.593. The molecule has 1 aromatic heterocycles. The van der Waals surface area contributed by atoms with Crippen LogP contribution in [0.25, 0.3) is 11.0 Å². The lowest BCUT2D eigenvalue weighted by Crippen LogP contribution is -2.21. The second-order valence-electron chi connectivity index (χ2n) is 5.67. The molecule has 2 aromatic carbocycles. The van der Waals surface area contributed by atoms with Crippen molar-refractivity contribution in [3.63, 3.8) is 0 Å². The van der Waals surface area contributed by atoms with Crippen molar-refractivity contribution >= 4 is 51.7 Å². The number of furan rings is 1. The molecule has 1 N–H and O–H groups in total. The van der Waals surface area contributed by atoms with E-state index in [4.69, 9.17) is 37.1 Å². The number of hydrogen-bond donors (Lipinski definition) is 1. The maximum atomic E-state index is 12.3. The van der Waals surface area contributed by atoms with E-state index in [0.29, 0.717) is 27.6 Å². The molecule has 0 aliphatic heterocycles. The summed E-state index contributed by atoms with van der Waals surface area (Å²) in [4.78, 5) is 24.3. The van der Waals surface area contributed by atoms with Crippen molar-refractivity contribution in [3.8, 4) is 5.75 Å². The average molecular weight is 408 g/mol. The summed E-state index contributed by atoms with van der Waals surface area (Å²) in [6.45, 7) is 1.24. The first-order chi connectivity index (χ1) is 12.9. The molecule has 0 saturated heterocycles. The van der Waals surface area contributed by atoms with Gasteiger partial charge in [-0.3, -0.25) is 4.79 Å². The Morgan fingerprint density at radius 3 is 2.63 bits per heavy atom. The van der Waals surface area contributed by atoms with Gasteiger partial charge in [0.25, 0.3) is 5.91 Å². The van der Waals surface area contributed by atoms with Crippen LogP contribution in [-0.2, 0) is 9.53 Å². The number of benzene rings is 2. The zero-order chi connectivity index (χ0) is 19.6. The molecule has 0 fully saturated rings. The summed E-state index contributed by atoms with van der Waals surface area (Å²) < 4.78 is 15.8. The van der Waals surface area contributed by atoms with Crippen molar-refractivity contribution in [1.29, 1.82) is 0 Å². The van der Waals surface area contributed by atoms with Crippen LogP contribution in [0, 0.1) is 6.92 Å². The van der Waals surface area contributed by atoms with Crippen LogP contribution in [0.3, 0.4) is 0 Å². The fraction of sp³-hybridized carbons (Fsp3) is 0.158. The predicted molar refractivity (Wildman–Crippen MR) is 103 cm³/mol. The maximum absolute atomic E-state index is 12.3. The summed E-state index contributed by atoms with van der Waals surface area (Å²) in [7, 11) is 1.55. The van der Waals surface area contributed by atoms with E-state index >= 15 is 0 Å². The van der Waals surface area contributed by atoms with Gasteiger partial charge in [0.05, 0.1) is 17.8 Å². The van der Waals surface area contributed by atoms with Crippen LogP contribution < -0.4 is 10.1 Å². The number of rotatable bonds is 5. The first kappa shape index (κ1) is 19.1.